The Balaban J connectivity index is 1.81. The Morgan fingerprint density at radius 2 is 2.28 bits per heavy atom. The summed E-state index contributed by atoms with van der Waals surface area (Å²) in [7, 11) is 2.05. The molecular formula is C15H23FN2. The lowest BCUT2D eigenvalue weighted by Gasteiger charge is -2.36. The molecule has 0 radical (unpaired) electrons. The van der Waals surface area contributed by atoms with Gasteiger partial charge in [0.05, 0.1) is 0 Å². The molecule has 1 aromatic rings. The number of rotatable bonds is 4. The summed E-state index contributed by atoms with van der Waals surface area (Å²) >= 11 is 0. The summed E-state index contributed by atoms with van der Waals surface area (Å²) in [6.07, 6.45) is 2.15. The topological polar surface area (TPSA) is 15.3 Å². The van der Waals surface area contributed by atoms with Crippen LogP contribution in [0.3, 0.4) is 0 Å². The number of piperidine rings is 1. The summed E-state index contributed by atoms with van der Waals surface area (Å²) in [6, 6.07) is 7.59. The molecule has 0 amide bonds. The van der Waals surface area contributed by atoms with E-state index in [9.17, 15) is 4.39 Å². The van der Waals surface area contributed by atoms with Crippen LogP contribution in [-0.2, 0) is 6.42 Å². The van der Waals surface area contributed by atoms with E-state index in [1.54, 1.807) is 12.1 Å². The van der Waals surface area contributed by atoms with Gasteiger partial charge in [-0.2, -0.15) is 0 Å². The fourth-order valence-corrected chi connectivity index (χ4v) is 2.84. The molecule has 1 aliphatic rings. The van der Waals surface area contributed by atoms with Gasteiger partial charge in [0.1, 0.15) is 5.82 Å². The van der Waals surface area contributed by atoms with E-state index >= 15 is 0 Å². The van der Waals surface area contributed by atoms with Gasteiger partial charge in [0.15, 0.2) is 0 Å². The van der Waals surface area contributed by atoms with Crippen LogP contribution in [0.15, 0.2) is 24.3 Å². The summed E-state index contributed by atoms with van der Waals surface area (Å²) < 4.78 is 13.1. The van der Waals surface area contributed by atoms with E-state index in [0.717, 1.165) is 31.6 Å². The Kier molecular flexibility index (Phi) is 4.72. The average molecular weight is 250 g/mol. The van der Waals surface area contributed by atoms with E-state index in [1.165, 1.54) is 12.5 Å². The molecule has 0 bridgehead atoms. The molecule has 2 rings (SSSR count). The van der Waals surface area contributed by atoms with E-state index in [-0.39, 0.29) is 5.82 Å². The van der Waals surface area contributed by atoms with E-state index < -0.39 is 0 Å². The number of hydrogen-bond donors (Lipinski definition) is 1. The maximum Gasteiger partial charge on any atom is 0.123 e. The highest BCUT2D eigenvalue weighted by atomic mass is 19.1. The number of halogens is 1. The molecular weight excluding hydrogens is 227 g/mol. The first-order valence-corrected chi connectivity index (χ1v) is 6.83. The highest BCUT2D eigenvalue weighted by molar-refractivity contribution is 5.16. The number of likely N-dealkylation sites (tertiary alicyclic amines) is 1. The Bertz CT molecular complexity index is 381. The minimum Gasteiger partial charge on any atom is -0.317 e. The minimum atomic E-state index is -0.130. The summed E-state index contributed by atoms with van der Waals surface area (Å²) in [5.74, 6) is 0.561. The van der Waals surface area contributed by atoms with Gasteiger partial charge in [0, 0.05) is 19.1 Å². The average Bonchev–Trinajstić information content (AvgIpc) is 2.37. The highest BCUT2D eigenvalue weighted by Gasteiger charge is 2.24. The van der Waals surface area contributed by atoms with Crippen LogP contribution in [0.4, 0.5) is 4.39 Å². The molecule has 2 nitrogen and oxygen atoms in total. The molecule has 0 aromatic heterocycles. The first-order chi connectivity index (χ1) is 8.69. The number of benzene rings is 1. The van der Waals surface area contributed by atoms with Crippen LogP contribution in [0.5, 0.6) is 0 Å². The second-order valence-electron chi connectivity index (χ2n) is 5.34. The molecule has 1 heterocycles. The first-order valence-electron chi connectivity index (χ1n) is 6.83. The first kappa shape index (κ1) is 13.5. The predicted octanol–water partition coefficient (Wildman–Crippen LogP) is 2.30. The quantitative estimate of drug-likeness (QED) is 0.882. The lowest BCUT2D eigenvalue weighted by molar-refractivity contribution is 0.153. The Hall–Kier alpha value is -0.930. The predicted molar refractivity (Wildman–Crippen MR) is 73.2 cm³/mol. The van der Waals surface area contributed by atoms with Gasteiger partial charge < -0.3 is 10.2 Å². The fraction of sp³-hybridized carbons (Fsp3) is 0.600. The molecule has 2 unspecified atom stereocenters. The van der Waals surface area contributed by atoms with Crippen LogP contribution < -0.4 is 5.32 Å². The van der Waals surface area contributed by atoms with Crippen molar-refractivity contribution in [3.05, 3.63) is 35.6 Å². The van der Waals surface area contributed by atoms with Crippen LogP contribution >= 0.6 is 0 Å². The van der Waals surface area contributed by atoms with E-state index in [4.69, 9.17) is 0 Å². The zero-order chi connectivity index (χ0) is 13.0. The van der Waals surface area contributed by atoms with Gasteiger partial charge in [0.25, 0.3) is 0 Å². The standard InChI is InChI=1S/C15H23FN2/c1-12-11-18(9-7-15(12)17-2)8-6-13-4-3-5-14(16)10-13/h3-5,10,12,15,17H,6-9,11H2,1-2H3. The van der Waals surface area contributed by atoms with Gasteiger partial charge in [-0.1, -0.05) is 19.1 Å². The van der Waals surface area contributed by atoms with Crippen LogP contribution in [0.1, 0.15) is 18.9 Å². The molecule has 1 aliphatic heterocycles. The third-order valence-electron chi connectivity index (χ3n) is 3.97. The molecule has 18 heavy (non-hydrogen) atoms. The normalized spacial score (nSPS) is 25.3. The van der Waals surface area contributed by atoms with Crippen molar-refractivity contribution >= 4 is 0 Å². The maximum absolute atomic E-state index is 13.1. The molecule has 0 spiro atoms. The monoisotopic (exact) mass is 250 g/mol. The molecule has 0 saturated carbocycles. The molecule has 1 fully saturated rings. The Labute approximate surface area is 109 Å². The molecule has 2 atom stereocenters. The smallest absolute Gasteiger partial charge is 0.123 e. The molecule has 1 aromatic carbocycles. The third kappa shape index (κ3) is 3.53. The minimum absolute atomic E-state index is 0.130. The highest BCUT2D eigenvalue weighted by Crippen LogP contribution is 2.17. The van der Waals surface area contributed by atoms with Crippen LogP contribution in [0.2, 0.25) is 0 Å². The van der Waals surface area contributed by atoms with E-state index in [2.05, 4.69) is 17.1 Å². The van der Waals surface area contributed by atoms with Crippen LogP contribution in [-0.4, -0.2) is 37.6 Å². The molecule has 3 heteroatoms. The Morgan fingerprint density at radius 1 is 1.44 bits per heavy atom. The SMILES string of the molecule is CNC1CCN(CCc2cccc(F)c2)CC1C. The largest absolute Gasteiger partial charge is 0.317 e. The third-order valence-corrected chi connectivity index (χ3v) is 3.97. The van der Waals surface area contributed by atoms with Crippen molar-refractivity contribution in [2.75, 3.05) is 26.7 Å². The summed E-state index contributed by atoms with van der Waals surface area (Å²) in [4.78, 5) is 2.49. The van der Waals surface area contributed by atoms with E-state index in [1.807, 2.05) is 13.1 Å². The number of nitrogens with one attached hydrogen (secondary N) is 1. The van der Waals surface area contributed by atoms with Crippen molar-refractivity contribution < 1.29 is 4.39 Å². The van der Waals surface area contributed by atoms with Crippen molar-refractivity contribution in [3.63, 3.8) is 0 Å². The van der Waals surface area contributed by atoms with Crippen molar-refractivity contribution in [2.24, 2.45) is 5.92 Å². The summed E-state index contributed by atoms with van der Waals surface area (Å²) in [6.45, 7) is 5.62. The maximum atomic E-state index is 13.1. The summed E-state index contributed by atoms with van der Waals surface area (Å²) in [5.41, 5.74) is 1.10. The van der Waals surface area contributed by atoms with Crippen molar-refractivity contribution in [2.45, 2.75) is 25.8 Å². The van der Waals surface area contributed by atoms with Crippen LogP contribution in [0.25, 0.3) is 0 Å². The van der Waals surface area contributed by atoms with Gasteiger partial charge >= 0.3 is 0 Å². The van der Waals surface area contributed by atoms with Crippen molar-refractivity contribution in [1.29, 1.82) is 0 Å². The fourth-order valence-electron chi connectivity index (χ4n) is 2.84. The van der Waals surface area contributed by atoms with Gasteiger partial charge in [-0.05, 0) is 50.0 Å². The van der Waals surface area contributed by atoms with Gasteiger partial charge in [-0.25, -0.2) is 4.39 Å². The van der Waals surface area contributed by atoms with Gasteiger partial charge in [-0.15, -0.1) is 0 Å². The molecule has 1 N–H and O–H groups in total. The zero-order valence-corrected chi connectivity index (χ0v) is 11.3. The number of nitrogens with zero attached hydrogens (tertiary/aromatic N) is 1. The van der Waals surface area contributed by atoms with Gasteiger partial charge in [-0.3, -0.25) is 0 Å². The summed E-state index contributed by atoms with van der Waals surface area (Å²) in [5, 5.41) is 3.38. The lowest BCUT2D eigenvalue weighted by atomic mass is 9.94. The Morgan fingerprint density at radius 3 is 2.94 bits per heavy atom. The second kappa shape index (κ2) is 6.30. The van der Waals surface area contributed by atoms with E-state index in [0.29, 0.717) is 12.0 Å². The molecule has 100 valence electrons. The van der Waals surface area contributed by atoms with Crippen molar-refractivity contribution in [1.82, 2.24) is 10.2 Å². The van der Waals surface area contributed by atoms with Crippen molar-refractivity contribution in [3.8, 4) is 0 Å². The molecule has 1 saturated heterocycles. The van der Waals surface area contributed by atoms with Gasteiger partial charge in [0.2, 0.25) is 0 Å². The lowest BCUT2D eigenvalue weighted by Crippen LogP contribution is -2.47. The zero-order valence-electron chi connectivity index (χ0n) is 11.3. The molecule has 0 aliphatic carbocycles. The van der Waals surface area contributed by atoms with Crippen LogP contribution in [0, 0.1) is 11.7 Å². The number of hydrogen-bond acceptors (Lipinski definition) is 2. The second-order valence-corrected chi connectivity index (χ2v) is 5.34.